The van der Waals surface area contributed by atoms with Gasteiger partial charge in [0.25, 0.3) is 0 Å². The molecule has 0 atom stereocenters. The van der Waals surface area contributed by atoms with E-state index in [1.54, 1.807) is 7.11 Å². The number of nitrogens with zero attached hydrogens (tertiary/aromatic N) is 1. The van der Waals surface area contributed by atoms with Crippen molar-refractivity contribution >= 4 is 0 Å². The summed E-state index contributed by atoms with van der Waals surface area (Å²) in [4.78, 5) is 2.70. The first kappa shape index (κ1) is 20.3. The fourth-order valence-electron chi connectivity index (χ4n) is 4.12. The van der Waals surface area contributed by atoms with E-state index in [1.165, 1.54) is 57.2 Å². The highest BCUT2D eigenvalue weighted by atomic mass is 16.5. The summed E-state index contributed by atoms with van der Waals surface area (Å²) in [6, 6.07) is 8.59. The van der Waals surface area contributed by atoms with Crippen LogP contribution < -0.4 is 10.5 Å². The van der Waals surface area contributed by atoms with Crippen LogP contribution in [0.15, 0.2) is 24.3 Å². The quantitative estimate of drug-likeness (QED) is 0.667. The topological polar surface area (TPSA) is 38.5 Å². The Morgan fingerprint density at radius 2 is 1.64 bits per heavy atom. The first-order chi connectivity index (χ1) is 12.2. The molecular formula is C22H38N2O. The maximum absolute atomic E-state index is 5.86. The minimum Gasteiger partial charge on any atom is -0.497 e. The number of benzene rings is 1. The Hall–Kier alpha value is -1.06. The van der Waals surface area contributed by atoms with Gasteiger partial charge in [0, 0.05) is 19.6 Å². The van der Waals surface area contributed by atoms with E-state index in [-0.39, 0.29) is 0 Å². The molecule has 0 amide bonds. The highest BCUT2D eigenvalue weighted by Gasteiger charge is 2.23. The molecular weight excluding hydrogens is 308 g/mol. The van der Waals surface area contributed by atoms with Gasteiger partial charge >= 0.3 is 0 Å². The number of ether oxygens (including phenoxy) is 1. The first-order valence-corrected chi connectivity index (χ1v) is 10.2. The van der Waals surface area contributed by atoms with Gasteiger partial charge in [0.15, 0.2) is 0 Å². The number of hydrogen-bond donors (Lipinski definition) is 1. The Kier molecular flexibility index (Phi) is 8.77. The van der Waals surface area contributed by atoms with Crippen LogP contribution in [0.25, 0.3) is 0 Å². The molecule has 0 radical (unpaired) electrons. The molecule has 2 N–H and O–H groups in total. The van der Waals surface area contributed by atoms with Gasteiger partial charge in [-0.05, 0) is 67.7 Å². The number of hydrogen-bond acceptors (Lipinski definition) is 3. The van der Waals surface area contributed by atoms with Gasteiger partial charge in [-0.25, -0.2) is 0 Å². The van der Waals surface area contributed by atoms with Crippen LogP contribution in [-0.4, -0.2) is 31.6 Å². The third-order valence-electron chi connectivity index (χ3n) is 6.05. The third kappa shape index (κ3) is 6.63. The lowest BCUT2D eigenvalue weighted by Crippen LogP contribution is -2.35. The lowest BCUT2D eigenvalue weighted by Gasteiger charge is -2.34. The van der Waals surface area contributed by atoms with Crippen molar-refractivity contribution in [3.63, 3.8) is 0 Å². The van der Waals surface area contributed by atoms with Crippen molar-refractivity contribution in [2.75, 3.05) is 26.7 Å². The van der Waals surface area contributed by atoms with Crippen LogP contribution in [0.4, 0.5) is 0 Å². The zero-order valence-electron chi connectivity index (χ0n) is 16.5. The van der Waals surface area contributed by atoms with Gasteiger partial charge in [-0.1, -0.05) is 38.8 Å². The number of nitrogens with two attached hydrogens (primary N) is 1. The Morgan fingerprint density at radius 3 is 2.16 bits per heavy atom. The molecule has 0 aliphatic heterocycles. The highest BCUT2D eigenvalue weighted by Crippen LogP contribution is 2.29. The molecule has 3 nitrogen and oxygen atoms in total. The fourth-order valence-corrected chi connectivity index (χ4v) is 4.12. The van der Waals surface area contributed by atoms with Gasteiger partial charge in [-0.3, -0.25) is 4.90 Å². The minimum atomic E-state index is 0.769. The molecule has 142 valence electrons. The molecule has 25 heavy (non-hydrogen) atoms. The summed E-state index contributed by atoms with van der Waals surface area (Å²) in [6.45, 7) is 9.03. The maximum Gasteiger partial charge on any atom is 0.118 e. The van der Waals surface area contributed by atoms with Gasteiger partial charge in [-0.15, -0.1) is 0 Å². The van der Waals surface area contributed by atoms with E-state index in [2.05, 4.69) is 43.0 Å². The van der Waals surface area contributed by atoms with Crippen LogP contribution in [0.3, 0.4) is 0 Å². The molecule has 1 aromatic carbocycles. The second kappa shape index (κ2) is 10.8. The molecule has 2 rings (SSSR count). The Labute approximate surface area is 154 Å². The largest absolute Gasteiger partial charge is 0.497 e. The van der Waals surface area contributed by atoms with E-state index in [1.807, 2.05) is 0 Å². The summed E-state index contributed by atoms with van der Waals surface area (Å²) in [5, 5.41) is 0. The zero-order chi connectivity index (χ0) is 18.1. The summed E-state index contributed by atoms with van der Waals surface area (Å²) >= 11 is 0. The van der Waals surface area contributed by atoms with Gasteiger partial charge in [0.05, 0.1) is 7.11 Å². The molecule has 0 spiro atoms. The first-order valence-electron chi connectivity index (χ1n) is 10.2. The Morgan fingerprint density at radius 1 is 1.04 bits per heavy atom. The number of rotatable bonds is 10. The Bertz CT molecular complexity index is 461. The van der Waals surface area contributed by atoms with Gasteiger partial charge in [0.2, 0.25) is 0 Å². The van der Waals surface area contributed by atoms with Crippen molar-refractivity contribution < 1.29 is 4.74 Å². The lowest BCUT2D eigenvalue weighted by molar-refractivity contribution is 0.153. The molecule has 0 bridgehead atoms. The molecule has 1 aromatic rings. The molecule has 1 fully saturated rings. The second-order valence-corrected chi connectivity index (χ2v) is 7.85. The molecule has 1 saturated carbocycles. The average Bonchev–Trinajstić information content (AvgIpc) is 2.67. The van der Waals surface area contributed by atoms with E-state index in [0.717, 1.165) is 36.6 Å². The predicted octanol–water partition coefficient (Wildman–Crippen LogP) is 4.70. The number of methoxy groups -OCH3 is 1. The summed E-state index contributed by atoms with van der Waals surface area (Å²) in [7, 11) is 1.73. The van der Waals surface area contributed by atoms with E-state index in [4.69, 9.17) is 10.5 Å². The van der Waals surface area contributed by atoms with Crippen LogP contribution in [0.1, 0.15) is 57.9 Å². The summed E-state index contributed by atoms with van der Waals surface area (Å²) in [5.74, 6) is 3.36. The van der Waals surface area contributed by atoms with E-state index in [9.17, 15) is 0 Å². The molecule has 0 heterocycles. The monoisotopic (exact) mass is 346 g/mol. The van der Waals surface area contributed by atoms with Crippen LogP contribution in [-0.2, 0) is 6.54 Å². The minimum absolute atomic E-state index is 0.769. The van der Waals surface area contributed by atoms with Gasteiger partial charge in [0.1, 0.15) is 5.75 Å². The van der Waals surface area contributed by atoms with Gasteiger partial charge in [-0.2, -0.15) is 0 Å². The second-order valence-electron chi connectivity index (χ2n) is 7.85. The van der Waals surface area contributed by atoms with Crippen molar-refractivity contribution in [1.82, 2.24) is 4.90 Å². The Balaban J connectivity index is 1.96. The van der Waals surface area contributed by atoms with Crippen molar-refractivity contribution in [2.45, 2.75) is 58.9 Å². The van der Waals surface area contributed by atoms with Crippen LogP contribution in [0.2, 0.25) is 0 Å². The average molecular weight is 347 g/mol. The summed E-state index contributed by atoms with van der Waals surface area (Å²) in [5.41, 5.74) is 7.25. The standard InChI is InChI=1S/C22H38N2O/c1-4-18(5-2)15-24(16-20-8-6-19(14-23)7-9-20)17-21-10-12-22(25-3)13-11-21/h10-13,18-20H,4-9,14-17,23H2,1-3H3. The highest BCUT2D eigenvalue weighted by molar-refractivity contribution is 5.27. The SMILES string of the molecule is CCC(CC)CN(Cc1ccc(OC)cc1)CC1CCC(CN)CC1. The van der Waals surface area contributed by atoms with E-state index in [0.29, 0.717) is 0 Å². The van der Waals surface area contributed by atoms with Crippen molar-refractivity contribution in [2.24, 2.45) is 23.5 Å². The van der Waals surface area contributed by atoms with Crippen molar-refractivity contribution in [1.29, 1.82) is 0 Å². The molecule has 0 aromatic heterocycles. The molecule has 3 heteroatoms. The fraction of sp³-hybridized carbons (Fsp3) is 0.727. The maximum atomic E-state index is 5.86. The third-order valence-corrected chi connectivity index (χ3v) is 6.05. The zero-order valence-corrected chi connectivity index (χ0v) is 16.5. The van der Waals surface area contributed by atoms with E-state index >= 15 is 0 Å². The van der Waals surface area contributed by atoms with E-state index < -0.39 is 0 Å². The molecule has 1 aliphatic carbocycles. The van der Waals surface area contributed by atoms with Crippen LogP contribution in [0.5, 0.6) is 5.75 Å². The van der Waals surface area contributed by atoms with Crippen LogP contribution >= 0.6 is 0 Å². The van der Waals surface area contributed by atoms with Gasteiger partial charge < -0.3 is 10.5 Å². The predicted molar refractivity (Wildman–Crippen MR) is 107 cm³/mol. The molecule has 0 saturated heterocycles. The normalized spacial score (nSPS) is 21.0. The molecule has 0 unspecified atom stereocenters. The van der Waals surface area contributed by atoms with Crippen molar-refractivity contribution in [3.05, 3.63) is 29.8 Å². The summed E-state index contributed by atoms with van der Waals surface area (Å²) < 4.78 is 5.29. The smallest absolute Gasteiger partial charge is 0.118 e. The summed E-state index contributed by atoms with van der Waals surface area (Å²) in [6.07, 6.45) is 7.89. The lowest BCUT2D eigenvalue weighted by atomic mass is 9.81. The van der Waals surface area contributed by atoms with Crippen molar-refractivity contribution in [3.8, 4) is 5.75 Å². The van der Waals surface area contributed by atoms with Crippen LogP contribution in [0, 0.1) is 17.8 Å². The molecule has 1 aliphatic rings.